The molecule has 2 N–H and O–H groups in total. The average molecular weight is 338 g/mol. The molecule has 1 aromatic carbocycles. The van der Waals surface area contributed by atoms with Crippen LogP contribution in [0.1, 0.15) is 5.69 Å². The molecule has 4 aromatic rings. The number of nitrogens with zero attached hydrogens (tertiary/aromatic N) is 4. The Morgan fingerprint density at radius 1 is 1.16 bits per heavy atom. The number of hydrogen-bond donors (Lipinski definition) is 1. The molecule has 25 heavy (non-hydrogen) atoms. The third-order valence-electron chi connectivity index (χ3n) is 4.16. The standard InChI is InChI=1S/C17H16N5O3/c1-11-14(17(23)22(20(11)2)12-7-4-3-5-8-12)21-15(16(18)25-19-21)13-9-6-10-24-13/h3-10H,18H2,1-2H3/q+1. The van der Waals surface area contributed by atoms with Gasteiger partial charge in [-0.2, -0.15) is 0 Å². The maximum absolute atomic E-state index is 13.1. The molecule has 0 unspecified atom stereocenters. The van der Waals surface area contributed by atoms with E-state index >= 15 is 0 Å². The molecule has 0 bridgehead atoms. The minimum atomic E-state index is -0.239. The number of para-hydroxylation sites is 1. The zero-order valence-electron chi connectivity index (χ0n) is 13.7. The third kappa shape index (κ3) is 2.18. The van der Waals surface area contributed by atoms with Crippen molar-refractivity contribution in [2.75, 3.05) is 5.73 Å². The smallest absolute Gasteiger partial charge is 0.346 e. The van der Waals surface area contributed by atoms with Crippen molar-refractivity contribution < 1.29 is 13.6 Å². The summed E-state index contributed by atoms with van der Waals surface area (Å²) in [5, 5.41) is 3.94. The highest BCUT2D eigenvalue weighted by Crippen LogP contribution is 2.23. The van der Waals surface area contributed by atoms with Gasteiger partial charge in [-0.15, -0.1) is 0 Å². The van der Waals surface area contributed by atoms with Crippen LogP contribution in [0.4, 0.5) is 5.88 Å². The Balaban J connectivity index is 2.00. The van der Waals surface area contributed by atoms with Gasteiger partial charge in [0, 0.05) is 11.7 Å². The highest BCUT2D eigenvalue weighted by Gasteiger charge is 2.35. The Labute approximate surface area is 142 Å². The van der Waals surface area contributed by atoms with Crippen LogP contribution in [-0.2, 0) is 7.05 Å². The van der Waals surface area contributed by atoms with E-state index in [-0.39, 0.29) is 11.4 Å². The molecule has 3 heterocycles. The van der Waals surface area contributed by atoms with E-state index in [1.165, 1.54) is 10.9 Å². The van der Waals surface area contributed by atoms with Crippen molar-refractivity contribution in [3.05, 3.63) is 64.8 Å². The summed E-state index contributed by atoms with van der Waals surface area (Å²) in [6.45, 7) is 1.83. The van der Waals surface area contributed by atoms with Gasteiger partial charge in [0.25, 0.3) is 0 Å². The van der Waals surface area contributed by atoms with E-state index in [1.807, 2.05) is 44.3 Å². The van der Waals surface area contributed by atoms with Crippen LogP contribution >= 0.6 is 0 Å². The maximum Gasteiger partial charge on any atom is 0.346 e. The Kier molecular flexibility index (Phi) is 3.31. The first kappa shape index (κ1) is 15.0. The van der Waals surface area contributed by atoms with Crippen LogP contribution in [0.3, 0.4) is 0 Å². The Morgan fingerprint density at radius 3 is 2.60 bits per heavy atom. The second kappa shape index (κ2) is 5.52. The number of anilines is 1. The predicted octanol–water partition coefficient (Wildman–Crippen LogP) is 1.59. The van der Waals surface area contributed by atoms with Crippen molar-refractivity contribution in [2.45, 2.75) is 6.92 Å². The van der Waals surface area contributed by atoms with Crippen molar-refractivity contribution in [2.24, 2.45) is 7.05 Å². The van der Waals surface area contributed by atoms with Crippen molar-refractivity contribution in [1.29, 1.82) is 0 Å². The topological polar surface area (TPSA) is 96.0 Å². The van der Waals surface area contributed by atoms with Crippen molar-refractivity contribution in [3.8, 4) is 22.8 Å². The molecular formula is C17H16N5O3+. The number of nitrogens with two attached hydrogens (primary N) is 1. The summed E-state index contributed by atoms with van der Waals surface area (Å²) in [6, 6.07) is 12.8. The third-order valence-corrected chi connectivity index (χ3v) is 4.16. The lowest BCUT2D eigenvalue weighted by atomic mass is 10.3. The predicted molar refractivity (Wildman–Crippen MR) is 89.5 cm³/mol. The van der Waals surface area contributed by atoms with E-state index in [4.69, 9.17) is 14.7 Å². The Morgan fingerprint density at radius 2 is 1.92 bits per heavy atom. The molecule has 0 saturated heterocycles. The van der Waals surface area contributed by atoms with Gasteiger partial charge < -0.3 is 10.2 Å². The number of aromatic nitrogens is 4. The quantitative estimate of drug-likeness (QED) is 0.572. The fraction of sp³-hybridized carbons (Fsp3) is 0.118. The van der Waals surface area contributed by atoms with Crippen molar-refractivity contribution in [1.82, 2.24) is 14.6 Å². The van der Waals surface area contributed by atoms with Crippen LogP contribution in [0.2, 0.25) is 0 Å². The highest BCUT2D eigenvalue weighted by atomic mass is 16.5. The highest BCUT2D eigenvalue weighted by molar-refractivity contribution is 5.60. The molecule has 4 rings (SSSR count). The van der Waals surface area contributed by atoms with Gasteiger partial charge in [-0.3, -0.25) is 14.0 Å². The zero-order valence-corrected chi connectivity index (χ0v) is 13.7. The first-order valence-electron chi connectivity index (χ1n) is 7.65. The SMILES string of the molecule is Cc1c(-[n+]2noc(N)c2-c2ccco2)c(=O)n(-c2ccccc2)n1C. The molecule has 0 fully saturated rings. The van der Waals surface area contributed by atoms with Crippen LogP contribution in [0.15, 0.2) is 62.5 Å². The number of furan rings is 1. The van der Waals surface area contributed by atoms with Crippen LogP contribution in [0.25, 0.3) is 22.8 Å². The summed E-state index contributed by atoms with van der Waals surface area (Å²) in [6.07, 6.45) is 1.52. The molecule has 126 valence electrons. The fourth-order valence-corrected chi connectivity index (χ4v) is 2.86. The van der Waals surface area contributed by atoms with Gasteiger partial charge in [-0.25, -0.2) is 4.68 Å². The summed E-state index contributed by atoms with van der Waals surface area (Å²) in [5.41, 5.74) is 7.87. The van der Waals surface area contributed by atoms with E-state index in [1.54, 1.807) is 21.5 Å². The summed E-state index contributed by atoms with van der Waals surface area (Å²) in [5.74, 6) is 0.538. The van der Waals surface area contributed by atoms with E-state index in [2.05, 4.69) is 5.27 Å². The van der Waals surface area contributed by atoms with Crippen LogP contribution in [0, 0.1) is 6.92 Å². The number of benzene rings is 1. The van der Waals surface area contributed by atoms with Gasteiger partial charge in [-0.05, 0) is 31.2 Å². The summed E-state index contributed by atoms with van der Waals surface area (Å²) >= 11 is 0. The summed E-state index contributed by atoms with van der Waals surface area (Å²) in [4.78, 5) is 13.1. The normalized spacial score (nSPS) is 11.1. The molecular weight excluding hydrogens is 322 g/mol. The molecule has 0 spiro atoms. The second-order valence-electron chi connectivity index (χ2n) is 5.59. The molecule has 8 nitrogen and oxygen atoms in total. The monoisotopic (exact) mass is 338 g/mol. The number of rotatable bonds is 3. The number of nitrogen functional groups attached to an aromatic ring is 1. The lowest BCUT2D eigenvalue weighted by Crippen LogP contribution is -2.40. The van der Waals surface area contributed by atoms with Gasteiger partial charge in [0.05, 0.1) is 12.0 Å². The Hall–Kier alpha value is -3.55. The lowest BCUT2D eigenvalue weighted by Gasteiger charge is -2.06. The molecule has 0 aliphatic heterocycles. The summed E-state index contributed by atoms with van der Waals surface area (Å²) in [7, 11) is 1.81. The van der Waals surface area contributed by atoms with E-state index < -0.39 is 0 Å². The molecule has 3 aromatic heterocycles. The van der Waals surface area contributed by atoms with E-state index in [9.17, 15) is 4.79 Å². The van der Waals surface area contributed by atoms with Gasteiger partial charge in [0.15, 0.2) is 0 Å². The fourth-order valence-electron chi connectivity index (χ4n) is 2.86. The van der Waals surface area contributed by atoms with Crippen molar-refractivity contribution >= 4 is 5.88 Å². The van der Waals surface area contributed by atoms with Gasteiger partial charge >= 0.3 is 22.8 Å². The molecule has 0 atom stereocenters. The molecule has 0 saturated carbocycles. The van der Waals surface area contributed by atoms with Gasteiger partial charge in [0.2, 0.25) is 11.0 Å². The van der Waals surface area contributed by atoms with E-state index in [0.717, 1.165) is 5.69 Å². The average Bonchev–Trinajstić information content (AvgIpc) is 3.30. The van der Waals surface area contributed by atoms with Gasteiger partial charge in [0.1, 0.15) is 5.69 Å². The molecule has 0 radical (unpaired) electrons. The molecule has 0 amide bonds. The van der Waals surface area contributed by atoms with Crippen LogP contribution < -0.4 is 16.0 Å². The molecule has 0 aliphatic rings. The zero-order chi connectivity index (χ0) is 17.6. The first-order valence-corrected chi connectivity index (χ1v) is 7.65. The maximum atomic E-state index is 13.1. The Bertz CT molecular complexity index is 1090. The summed E-state index contributed by atoms with van der Waals surface area (Å²) < 4.78 is 15.2. The lowest BCUT2D eigenvalue weighted by molar-refractivity contribution is -0.661. The first-order chi connectivity index (χ1) is 12.1. The van der Waals surface area contributed by atoms with Crippen LogP contribution in [0.5, 0.6) is 0 Å². The molecule has 8 heteroatoms. The van der Waals surface area contributed by atoms with Crippen molar-refractivity contribution in [3.63, 3.8) is 0 Å². The van der Waals surface area contributed by atoms with Gasteiger partial charge in [-0.1, -0.05) is 18.2 Å². The van der Waals surface area contributed by atoms with Crippen LogP contribution in [-0.4, -0.2) is 14.6 Å². The number of hydrogen-bond acceptors (Lipinski definition) is 5. The minimum Gasteiger partial charge on any atom is -0.458 e. The largest absolute Gasteiger partial charge is 0.458 e. The second-order valence-corrected chi connectivity index (χ2v) is 5.59. The molecule has 0 aliphatic carbocycles. The minimum absolute atomic E-state index is 0.0730. The van der Waals surface area contributed by atoms with E-state index in [0.29, 0.717) is 22.8 Å².